The molecule has 2 fully saturated rings. The predicted molar refractivity (Wildman–Crippen MR) is 142 cm³/mol. The van der Waals surface area contributed by atoms with Crippen molar-refractivity contribution in [3.63, 3.8) is 0 Å². The van der Waals surface area contributed by atoms with Crippen molar-refractivity contribution in [3.8, 4) is 5.75 Å². The van der Waals surface area contributed by atoms with Gasteiger partial charge >= 0.3 is 6.09 Å². The smallest absolute Gasteiger partial charge is 0.410 e. The van der Waals surface area contributed by atoms with Gasteiger partial charge in [-0.15, -0.1) is 0 Å². The minimum absolute atomic E-state index is 0.0457. The van der Waals surface area contributed by atoms with E-state index in [2.05, 4.69) is 0 Å². The Morgan fingerprint density at radius 2 is 1.71 bits per heavy atom. The number of para-hydroxylation sites is 1. The Labute approximate surface area is 224 Å². The molecule has 1 heterocycles. The van der Waals surface area contributed by atoms with E-state index in [4.69, 9.17) is 14.2 Å². The van der Waals surface area contributed by atoms with Crippen molar-refractivity contribution < 1.29 is 28.2 Å². The second kappa shape index (κ2) is 12.6. The third kappa shape index (κ3) is 7.93. The molecule has 2 amide bonds. The molecule has 206 valence electrons. The molecule has 1 aliphatic heterocycles. The van der Waals surface area contributed by atoms with E-state index >= 15 is 0 Å². The first-order chi connectivity index (χ1) is 18.2. The number of hydrogen-bond donors (Lipinski definition) is 0. The maximum absolute atomic E-state index is 13.4. The monoisotopic (exact) mass is 526 g/mol. The van der Waals surface area contributed by atoms with Gasteiger partial charge in [0.05, 0.1) is 13.2 Å². The minimum Gasteiger partial charge on any atom is -0.491 e. The van der Waals surface area contributed by atoms with Crippen molar-refractivity contribution in [2.24, 2.45) is 5.92 Å². The van der Waals surface area contributed by atoms with Crippen LogP contribution in [0.15, 0.2) is 54.6 Å². The lowest BCUT2D eigenvalue weighted by atomic mass is 9.84. The summed E-state index contributed by atoms with van der Waals surface area (Å²) in [6.07, 6.45) is 2.28. The molecule has 1 saturated carbocycles. The van der Waals surface area contributed by atoms with Crippen LogP contribution in [0.2, 0.25) is 0 Å². The van der Waals surface area contributed by atoms with E-state index in [0.29, 0.717) is 58.5 Å². The molecule has 2 aromatic rings. The summed E-state index contributed by atoms with van der Waals surface area (Å²) in [4.78, 5) is 30.1. The Morgan fingerprint density at radius 3 is 2.37 bits per heavy atom. The van der Waals surface area contributed by atoms with E-state index in [1.54, 1.807) is 17.0 Å². The first-order valence-electron chi connectivity index (χ1n) is 13.5. The molecule has 1 unspecified atom stereocenters. The highest BCUT2D eigenvalue weighted by atomic mass is 19.1. The van der Waals surface area contributed by atoms with Crippen LogP contribution in [-0.4, -0.2) is 65.9 Å². The average molecular weight is 527 g/mol. The van der Waals surface area contributed by atoms with Crippen molar-refractivity contribution in [2.75, 3.05) is 26.3 Å². The highest BCUT2D eigenvalue weighted by molar-refractivity contribution is 5.79. The van der Waals surface area contributed by atoms with Gasteiger partial charge in [-0.2, -0.15) is 0 Å². The van der Waals surface area contributed by atoms with Crippen LogP contribution >= 0.6 is 0 Å². The number of rotatable bonds is 7. The molecule has 1 atom stereocenters. The summed E-state index contributed by atoms with van der Waals surface area (Å²) in [5, 5.41) is 0. The maximum Gasteiger partial charge on any atom is 0.410 e. The SMILES string of the molecule is CC(C)(C)OC(=O)N(Cc1ccc(F)cc1)C1CCC(C(=O)N2CCOC(COc3ccccc3)C2)CC1. The van der Waals surface area contributed by atoms with Crippen LogP contribution in [0.25, 0.3) is 0 Å². The first-order valence-corrected chi connectivity index (χ1v) is 13.5. The fraction of sp³-hybridized carbons (Fsp3) is 0.533. The molecule has 0 bridgehead atoms. The van der Waals surface area contributed by atoms with Crippen LogP contribution in [0, 0.1) is 11.7 Å². The summed E-state index contributed by atoms with van der Waals surface area (Å²) in [5.41, 5.74) is 0.218. The standard InChI is InChI=1S/C30H39FN2O5/c1-30(2,3)38-29(35)33(19-22-9-13-24(31)14-10-22)25-15-11-23(12-16-25)28(34)32-17-18-36-27(20-32)21-37-26-7-5-4-6-8-26/h4-10,13-14,23,25,27H,11-12,15-21H2,1-3H3. The Bertz CT molecular complexity index is 1050. The maximum atomic E-state index is 13.4. The van der Waals surface area contributed by atoms with Crippen LogP contribution in [0.3, 0.4) is 0 Å². The number of carbonyl (C=O) groups excluding carboxylic acids is 2. The van der Waals surface area contributed by atoms with E-state index in [9.17, 15) is 14.0 Å². The lowest BCUT2D eigenvalue weighted by molar-refractivity contribution is -0.145. The molecule has 0 aromatic heterocycles. The Balaban J connectivity index is 1.32. The summed E-state index contributed by atoms with van der Waals surface area (Å²) in [6, 6.07) is 15.7. The van der Waals surface area contributed by atoms with Crippen LogP contribution in [0.5, 0.6) is 5.75 Å². The van der Waals surface area contributed by atoms with E-state index in [1.165, 1.54) is 12.1 Å². The number of ether oxygens (including phenoxy) is 3. The summed E-state index contributed by atoms with van der Waals surface area (Å²) in [5.74, 6) is 0.548. The number of morpholine rings is 1. The third-order valence-corrected chi connectivity index (χ3v) is 7.01. The molecule has 2 aromatic carbocycles. The van der Waals surface area contributed by atoms with Crippen molar-refractivity contribution in [2.45, 2.75) is 70.7 Å². The van der Waals surface area contributed by atoms with Gasteiger partial charge < -0.3 is 24.0 Å². The zero-order valence-electron chi connectivity index (χ0n) is 22.6. The summed E-state index contributed by atoms with van der Waals surface area (Å²) < 4.78 is 30.8. The van der Waals surface area contributed by atoms with E-state index in [1.807, 2.05) is 56.0 Å². The molecule has 7 nitrogen and oxygen atoms in total. The van der Waals surface area contributed by atoms with Crippen LogP contribution < -0.4 is 4.74 Å². The van der Waals surface area contributed by atoms with E-state index in [0.717, 1.165) is 11.3 Å². The molecule has 38 heavy (non-hydrogen) atoms. The molecule has 2 aliphatic rings. The number of benzene rings is 2. The Morgan fingerprint density at radius 1 is 1.03 bits per heavy atom. The van der Waals surface area contributed by atoms with Gasteiger partial charge in [0.1, 0.15) is 29.9 Å². The second-order valence-electron chi connectivity index (χ2n) is 11.1. The third-order valence-electron chi connectivity index (χ3n) is 7.01. The number of amides is 2. The van der Waals surface area contributed by atoms with Crippen molar-refractivity contribution in [3.05, 3.63) is 66.0 Å². The van der Waals surface area contributed by atoms with E-state index in [-0.39, 0.29) is 35.9 Å². The number of nitrogens with zero attached hydrogens (tertiary/aromatic N) is 2. The number of halogens is 1. The predicted octanol–water partition coefficient (Wildman–Crippen LogP) is 5.43. The number of carbonyl (C=O) groups is 2. The Kier molecular flexibility index (Phi) is 9.26. The normalized spacial score (nSPS) is 22.0. The summed E-state index contributed by atoms with van der Waals surface area (Å²) in [6.45, 7) is 7.86. The Hall–Kier alpha value is -3.13. The highest BCUT2D eigenvalue weighted by Gasteiger charge is 2.36. The molecule has 4 rings (SSSR count). The van der Waals surface area contributed by atoms with Gasteiger partial charge in [0.25, 0.3) is 0 Å². The largest absolute Gasteiger partial charge is 0.491 e. The van der Waals surface area contributed by atoms with Gasteiger partial charge in [0.2, 0.25) is 5.91 Å². The number of hydrogen-bond acceptors (Lipinski definition) is 5. The molecule has 0 radical (unpaired) electrons. The quantitative estimate of drug-likeness (QED) is 0.481. The van der Waals surface area contributed by atoms with Crippen LogP contribution in [0.4, 0.5) is 9.18 Å². The van der Waals surface area contributed by atoms with Crippen LogP contribution in [0.1, 0.15) is 52.0 Å². The zero-order chi connectivity index (χ0) is 27.1. The van der Waals surface area contributed by atoms with Gasteiger partial charge in [-0.1, -0.05) is 30.3 Å². The fourth-order valence-electron chi connectivity index (χ4n) is 5.07. The molecule has 0 spiro atoms. The summed E-state index contributed by atoms with van der Waals surface area (Å²) in [7, 11) is 0. The highest BCUT2D eigenvalue weighted by Crippen LogP contribution is 2.31. The molecule has 1 saturated heterocycles. The second-order valence-corrected chi connectivity index (χ2v) is 11.1. The average Bonchev–Trinajstić information content (AvgIpc) is 2.91. The van der Waals surface area contributed by atoms with Gasteiger partial charge in [0.15, 0.2) is 0 Å². The van der Waals surface area contributed by atoms with Crippen molar-refractivity contribution in [1.29, 1.82) is 0 Å². The fourth-order valence-corrected chi connectivity index (χ4v) is 5.07. The van der Waals surface area contributed by atoms with Gasteiger partial charge in [-0.3, -0.25) is 4.79 Å². The molecule has 1 aliphatic carbocycles. The molecular formula is C30H39FN2O5. The van der Waals surface area contributed by atoms with Gasteiger partial charge in [0, 0.05) is 25.0 Å². The van der Waals surface area contributed by atoms with Gasteiger partial charge in [-0.25, -0.2) is 9.18 Å². The molecule has 8 heteroatoms. The van der Waals surface area contributed by atoms with Gasteiger partial charge in [-0.05, 0) is 76.3 Å². The van der Waals surface area contributed by atoms with Crippen LogP contribution in [-0.2, 0) is 20.8 Å². The van der Waals surface area contributed by atoms with Crippen molar-refractivity contribution >= 4 is 12.0 Å². The zero-order valence-corrected chi connectivity index (χ0v) is 22.6. The topological polar surface area (TPSA) is 68.3 Å². The first kappa shape index (κ1) is 27.9. The lowest BCUT2D eigenvalue weighted by Gasteiger charge is -2.39. The molecular weight excluding hydrogens is 487 g/mol. The minimum atomic E-state index is -0.623. The van der Waals surface area contributed by atoms with E-state index < -0.39 is 5.60 Å². The van der Waals surface area contributed by atoms with Crippen molar-refractivity contribution in [1.82, 2.24) is 9.80 Å². The lowest BCUT2D eigenvalue weighted by Crippen LogP contribution is -2.51. The summed E-state index contributed by atoms with van der Waals surface area (Å²) >= 11 is 0. The molecule has 0 N–H and O–H groups in total.